The normalized spacial score (nSPS) is 16.8. The van der Waals surface area contributed by atoms with Gasteiger partial charge in [-0.2, -0.15) is 0 Å². The lowest BCUT2D eigenvalue weighted by molar-refractivity contribution is -0.270. The van der Waals surface area contributed by atoms with Crippen molar-refractivity contribution in [3.63, 3.8) is 0 Å². The predicted octanol–water partition coefficient (Wildman–Crippen LogP) is 3.09. The molecule has 0 bridgehead atoms. The lowest BCUT2D eigenvalue weighted by atomic mass is 10.2. The van der Waals surface area contributed by atoms with Crippen LogP contribution in [-0.4, -0.2) is 40.7 Å². The number of amidine groups is 1. The molecular formula is C20H17N2O5S-. The van der Waals surface area contributed by atoms with Crippen molar-refractivity contribution < 1.29 is 24.5 Å². The van der Waals surface area contributed by atoms with Crippen LogP contribution in [0.5, 0.6) is 11.5 Å². The standard InChI is InChI=1S/C20H18N2O5S/c1-3-22-18(24)17(10-12-7-8-16(27-2)15(23)9-12)28-20(22)21-14-6-4-5-13(11-14)19(25)26/h4-11,23H,3H2,1-2H3,(H,25,26)/p-1/b17-10-,21-20?. The fraction of sp³-hybridized carbons (Fsp3) is 0.150. The summed E-state index contributed by atoms with van der Waals surface area (Å²) in [4.78, 5) is 30.2. The largest absolute Gasteiger partial charge is 0.870 e. The number of carboxylic acid groups (broad SMARTS) is 1. The van der Waals surface area contributed by atoms with Gasteiger partial charge in [-0.25, -0.2) is 9.79 Å². The Morgan fingerprint density at radius 2 is 2.11 bits per heavy atom. The number of thioether (sulfide) groups is 1. The first-order chi connectivity index (χ1) is 13.4. The van der Waals surface area contributed by atoms with Crippen LogP contribution in [0, 0.1) is 0 Å². The van der Waals surface area contributed by atoms with Crippen molar-refractivity contribution in [1.82, 2.24) is 4.90 Å². The molecule has 0 saturated carbocycles. The summed E-state index contributed by atoms with van der Waals surface area (Å²) in [6.45, 7) is 2.24. The molecule has 144 valence electrons. The van der Waals surface area contributed by atoms with E-state index < -0.39 is 5.97 Å². The summed E-state index contributed by atoms with van der Waals surface area (Å²) in [5, 5.41) is 21.5. The van der Waals surface area contributed by atoms with Gasteiger partial charge in [0.2, 0.25) is 0 Å². The van der Waals surface area contributed by atoms with Crippen LogP contribution >= 0.6 is 11.8 Å². The number of amides is 1. The number of nitrogens with zero attached hydrogens (tertiary/aromatic N) is 2. The van der Waals surface area contributed by atoms with Gasteiger partial charge < -0.3 is 14.9 Å². The molecule has 0 aromatic heterocycles. The van der Waals surface area contributed by atoms with Gasteiger partial charge in [0, 0.05) is 6.54 Å². The van der Waals surface area contributed by atoms with Gasteiger partial charge in [0.15, 0.2) is 5.17 Å². The molecule has 1 saturated heterocycles. The highest BCUT2D eigenvalue weighted by atomic mass is 32.2. The Labute approximate surface area is 166 Å². The van der Waals surface area contributed by atoms with Gasteiger partial charge in [-0.05, 0) is 54.6 Å². The van der Waals surface area contributed by atoms with E-state index in [1.165, 1.54) is 42.0 Å². The smallest absolute Gasteiger partial charge is 0.335 e. The van der Waals surface area contributed by atoms with E-state index in [2.05, 4.69) is 4.99 Å². The Morgan fingerprint density at radius 1 is 1.32 bits per heavy atom. The third kappa shape index (κ3) is 4.01. The van der Waals surface area contributed by atoms with Gasteiger partial charge >= 0.3 is 5.97 Å². The number of carboxylic acids is 1. The molecule has 1 N–H and O–H groups in total. The molecule has 1 aliphatic rings. The van der Waals surface area contributed by atoms with E-state index in [1.54, 1.807) is 30.3 Å². The first-order valence-corrected chi connectivity index (χ1v) is 9.23. The number of carbonyl (C=O) groups excluding carboxylic acids is 1. The van der Waals surface area contributed by atoms with E-state index in [-0.39, 0.29) is 23.0 Å². The van der Waals surface area contributed by atoms with Crippen molar-refractivity contribution in [2.24, 2.45) is 4.99 Å². The van der Waals surface area contributed by atoms with Crippen molar-refractivity contribution >= 4 is 40.6 Å². The van der Waals surface area contributed by atoms with Crippen LogP contribution in [0.2, 0.25) is 0 Å². The molecule has 2 aromatic rings. The molecule has 28 heavy (non-hydrogen) atoms. The zero-order chi connectivity index (χ0) is 20.3. The first-order valence-electron chi connectivity index (χ1n) is 8.41. The van der Waals surface area contributed by atoms with Gasteiger partial charge in [0.1, 0.15) is 5.75 Å². The van der Waals surface area contributed by atoms with Crippen LogP contribution in [0.3, 0.4) is 0 Å². The van der Waals surface area contributed by atoms with Crippen molar-refractivity contribution in [1.29, 1.82) is 0 Å². The minimum atomic E-state index is -1.04. The highest BCUT2D eigenvalue weighted by molar-refractivity contribution is 8.18. The fourth-order valence-corrected chi connectivity index (χ4v) is 3.69. The molecule has 0 radical (unpaired) electrons. The highest BCUT2D eigenvalue weighted by Gasteiger charge is 2.32. The summed E-state index contributed by atoms with van der Waals surface area (Å²) in [6.07, 6.45) is 1.63. The number of carbonyl (C=O) groups is 2. The average molecular weight is 397 g/mol. The minimum absolute atomic E-state index is 0.121. The summed E-state index contributed by atoms with van der Waals surface area (Å²) >= 11 is 1.18. The fourth-order valence-electron chi connectivity index (χ4n) is 2.62. The van der Waals surface area contributed by atoms with Gasteiger partial charge in [-0.3, -0.25) is 9.69 Å². The quantitative estimate of drug-likeness (QED) is 0.778. The minimum Gasteiger partial charge on any atom is -0.870 e. The summed E-state index contributed by atoms with van der Waals surface area (Å²) in [6, 6.07) is 10.9. The number of aliphatic imine (C=N–C) groups is 1. The van der Waals surface area contributed by atoms with E-state index in [1.807, 2.05) is 6.92 Å². The van der Waals surface area contributed by atoms with E-state index in [0.717, 1.165) is 0 Å². The molecule has 1 aliphatic heterocycles. The lowest BCUT2D eigenvalue weighted by Crippen LogP contribution is -2.28. The Kier molecular flexibility index (Phi) is 5.70. The van der Waals surface area contributed by atoms with Gasteiger partial charge in [0.25, 0.3) is 5.91 Å². The van der Waals surface area contributed by atoms with Crippen molar-refractivity contribution in [2.45, 2.75) is 6.92 Å². The molecule has 3 rings (SSSR count). The SMILES string of the molecule is CCN1C(=O)/C(=C/c2ccc(OC)c([O-])c2)SC1=Nc1cccc(C(=O)O)c1. The van der Waals surface area contributed by atoms with E-state index >= 15 is 0 Å². The summed E-state index contributed by atoms with van der Waals surface area (Å²) < 4.78 is 4.96. The Bertz CT molecular complexity index is 1000. The molecule has 7 nitrogen and oxygen atoms in total. The number of hydrogen-bond donors (Lipinski definition) is 1. The van der Waals surface area contributed by atoms with E-state index in [4.69, 9.17) is 9.84 Å². The first kappa shape index (κ1) is 19.5. The molecule has 2 aromatic carbocycles. The number of likely N-dealkylation sites (N-methyl/N-ethyl adjacent to an activating group) is 1. The predicted molar refractivity (Wildman–Crippen MR) is 106 cm³/mol. The second kappa shape index (κ2) is 8.18. The molecule has 0 aliphatic carbocycles. The Morgan fingerprint density at radius 3 is 2.75 bits per heavy atom. The van der Waals surface area contributed by atoms with Crippen LogP contribution in [0.15, 0.2) is 52.4 Å². The summed E-state index contributed by atoms with van der Waals surface area (Å²) in [7, 11) is 1.42. The van der Waals surface area contributed by atoms with Gasteiger partial charge in [0.05, 0.1) is 23.3 Å². The van der Waals surface area contributed by atoms with E-state index in [9.17, 15) is 14.7 Å². The second-order valence-corrected chi connectivity index (χ2v) is 6.83. The van der Waals surface area contributed by atoms with Crippen LogP contribution in [0.25, 0.3) is 6.08 Å². The number of methoxy groups -OCH3 is 1. The maximum atomic E-state index is 12.7. The number of benzene rings is 2. The summed E-state index contributed by atoms with van der Waals surface area (Å²) in [5.74, 6) is -1.29. The Hall–Kier alpha value is -3.26. The van der Waals surface area contributed by atoms with Crippen molar-refractivity contribution in [2.75, 3.05) is 13.7 Å². The van der Waals surface area contributed by atoms with Gasteiger partial charge in [-0.15, -0.1) is 0 Å². The second-order valence-electron chi connectivity index (χ2n) is 5.82. The molecule has 0 unspecified atom stereocenters. The van der Waals surface area contributed by atoms with Crippen molar-refractivity contribution in [3.8, 4) is 11.5 Å². The number of ether oxygens (including phenoxy) is 1. The maximum Gasteiger partial charge on any atom is 0.335 e. The Balaban J connectivity index is 1.93. The topological polar surface area (TPSA) is 102 Å². The van der Waals surface area contributed by atoms with Crippen LogP contribution in [0.1, 0.15) is 22.8 Å². The number of hydrogen-bond acceptors (Lipinski definition) is 6. The average Bonchev–Trinajstić information content (AvgIpc) is 2.96. The van der Waals surface area contributed by atoms with Crippen LogP contribution in [-0.2, 0) is 4.79 Å². The zero-order valence-corrected chi connectivity index (χ0v) is 16.0. The molecule has 1 fully saturated rings. The monoisotopic (exact) mass is 397 g/mol. The third-order valence-electron chi connectivity index (χ3n) is 4.01. The number of aromatic carboxylic acids is 1. The molecule has 1 amide bonds. The molecule has 0 atom stereocenters. The summed E-state index contributed by atoms with van der Waals surface area (Å²) in [5.41, 5.74) is 1.16. The zero-order valence-electron chi connectivity index (χ0n) is 15.2. The number of rotatable bonds is 5. The molecule has 0 spiro atoms. The van der Waals surface area contributed by atoms with Crippen LogP contribution in [0.4, 0.5) is 5.69 Å². The highest BCUT2D eigenvalue weighted by Crippen LogP contribution is 2.35. The third-order valence-corrected chi connectivity index (χ3v) is 5.01. The molecule has 8 heteroatoms. The van der Waals surface area contributed by atoms with Crippen molar-refractivity contribution in [3.05, 3.63) is 58.5 Å². The molecule has 1 heterocycles. The van der Waals surface area contributed by atoms with E-state index in [0.29, 0.717) is 27.9 Å². The maximum absolute atomic E-state index is 12.7. The van der Waals surface area contributed by atoms with Crippen LogP contribution < -0.4 is 9.84 Å². The van der Waals surface area contributed by atoms with Gasteiger partial charge in [-0.1, -0.05) is 23.9 Å². The lowest BCUT2D eigenvalue weighted by Gasteiger charge is -2.13. The molecular weight excluding hydrogens is 380 g/mol.